The van der Waals surface area contributed by atoms with Crippen LogP contribution in [0.1, 0.15) is 33.6 Å². The summed E-state index contributed by atoms with van der Waals surface area (Å²) < 4.78 is 34.7. The number of hydrogen-bond donors (Lipinski definition) is 15. The van der Waals surface area contributed by atoms with Gasteiger partial charge in [-0.1, -0.05) is 0 Å². The molecule has 4 saturated heterocycles. The smallest absolute Gasteiger partial charge is 0.404 e. The predicted octanol–water partition coefficient (Wildman–Crippen LogP) is -7.36. The molecule has 2 amide bonds. The summed E-state index contributed by atoms with van der Waals surface area (Å²) in [5, 5.41) is 141. The molecule has 4 rings (SSSR count). The fourth-order valence-corrected chi connectivity index (χ4v) is 7.78. The number of carbonyl (C=O) groups is 3. The molecule has 19 unspecified atom stereocenters. The number of hydrogen-bond acceptors (Lipinski definition) is 20. The van der Waals surface area contributed by atoms with Crippen molar-refractivity contribution < 1.29 is 109 Å². The molecular weight excluding hydrogens is 764 g/mol. The van der Waals surface area contributed by atoms with E-state index in [4.69, 9.17) is 28.4 Å². The van der Waals surface area contributed by atoms with Crippen molar-refractivity contribution in [3.8, 4) is 0 Å². The minimum absolute atomic E-state index is 0.337. The molecule has 0 saturated carbocycles. The lowest BCUT2D eigenvalue weighted by atomic mass is 9.78. The number of ether oxygens (including phenoxy) is 6. The average Bonchev–Trinajstić information content (AvgIpc) is 3.14. The Balaban J connectivity index is 1.71. The zero-order valence-electron chi connectivity index (χ0n) is 30.6. The van der Waals surface area contributed by atoms with E-state index in [0.29, 0.717) is 0 Å². The SMILES string of the molecule is CC(=O)NC1C(O)CC(OC2C(O)C(CO)OC(OC3C(CO)OC(C)C(NC(=O)O)C3CC3OC(C)C(O)C(O)C3O)C2O)(C(=O)O)OC1[C@H](O)[C@H](O)CO. The lowest BCUT2D eigenvalue weighted by molar-refractivity contribution is -0.379. The topological polar surface area (TPSA) is 394 Å². The van der Waals surface area contributed by atoms with Crippen molar-refractivity contribution in [2.45, 2.75) is 155 Å². The van der Waals surface area contributed by atoms with Gasteiger partial charge >= 0.3 is 12.1 Å². The van der Waals surface area contributed by atoms with Gasteiger partial charge in [0.1, 0.15) is 67.1 Å². The molecule has 324 valence electrons. The Morgan fingerprint density at radius 3 is 1.95 bits per heavy atom. The number of aliphatic carboxylic acids is 1. The van der Waals surface area contributed by atoms with E-state index in [0.717, 1.165) is 6.92 Å². The molecule has 0 aromatic rings. The van der Waals surface area contributed by atoms with Crippen molar-refractivity contribution in [2.24, 2.45) is 5.92 Å². The van der Waals surface area contributed by atoms with Gasteiger partial charge in [0.15, 0.2) is 6.29 Å². The third-order valence-corrected chi connectivity index (χ3v) is 10.7. The first-order chi connectivity index (χ1) is 26.2. The molecule has 0 radical (unpaired) electrons. The Kier molecular flexibility index (Phi) is 15.7. The van der Waals surface area contributed by atoms with Crippen molar-refractivity contribution in [3.63, 3.8) is 0 Å². The van der Waals surface area contributed by atoms with E-state index in [1.165, 1.54) is 13.8 Å². The first kappa shape index (κ1) is 46.2. The zero-order valence-corrected chi connectivity index (χ0v) is 30.6. The van der Waals surface area contributed by atoms with Crippen LogP contribution in [0.3, 0.4) is 0 Å². The van der Waals surface area contributed by atoms with Crippen molar-refractivity contribution in [3.05, 3.63) is 0 Å². The van der Waals surface area contributed by atoms with E-state index >= 15 is 0 Å². The minimum atomic E-state index is -3.09. The lowest BCUT2D eigenvalue weighted by Crippen LogP contribution is -2.71. The summed E-state index contributed by atoms with van der Waals surface area (Å²) in [6.45, 7) is 1.03. The van der Waals surface area contributed by atoms with E-state index in [2.05, 4.69) is 10.6 Å². The maximum atomic E-state index is 12.9. The van der Waals surface area contributed by atoms with E-state index < -0.39 is 172 Å². The van der Waals surface area contributed by atoms with E-state index in [9.17, 15) is 80.8 Å². The van der Waals surface area contributed by atoms with Crippen LogP contribution in [0.25, 0.3) is 0 Å². The van der Waals surface area contributed by atoms with Crippen LogP contribution in [0, 0.1) is 5.92 Å². The fraction of sp³-hybridized carbons (Fsp3) is 0.906. The molecule has 15 N–H and O–H groups in total. The van der Waals surface area contributed by atoms with Crippen LogP contribution in [-0.4, -0.2) is 226 Å². The van der Waals surface area contributed by atoms with Gasteiger partial charge in [0.2, 0.25) is 5.91 Å². The Labute approximate surface area is 319 Å². The number of carboxylic acid groups (broad SMARTS) is 2. The standard InChI is InChI=1S/C32H54N2O22/c1-9-18(34-31(49)50)12(4-15-22(43)24(45)20(41)10(2)52-15)26(17(8-37)51-9)54-29-25(46)28(23(44)16(7-36)53-29)56-32(30(47)48)5-13(39)19(33-11(3)38)27(55-32)21(42)14(40)6-35/h9-10,12-29,34-37,39-46H,4-8H2,1-3H3,(H,33,38)(H,47,48)(H,49,50)/t9?,10?,12?,13?,14-,15?,16?,17?,18?,19?,20?,21-,22?,23?,24?,25?,26?,27?,28?,29?,32?/m1/s1. The van der Waals surface area contributed by atoms with Crippen LogP contribution in [0.4, 0.5) is 4.79 Å². The van der Waals surface area contributed by atoms with Gasteiger partial charge in [-0.2, -0.15) is 0 Å². The molecule has 56 heavy (non-hydrogen) atoms. The summed E-state index contributed by atoms with van der Waals surface area (Å²) in [4.78, 5) is 36.7. The van der Waals surface area contributed by atoms with Crippen molar-refractivity contribution in [2.75, 3.05) is 19.8 Å². The summed E-state index contributed by atoms with van der Waals surface area (Å²) in [5.74, 6) is -7.02. The Hall–Kier alpha value is -2.47. The summed E-state index contributed by atoms with van der Waals surface area (Å²) in [5.41, 5.74) is 0. The molecule has 0 aliphatic carbocycles. The number of carbonyl (C=O) groups excluding carboxylic acids is 1. The molecular formula is C32H54N2O22. The number of nitrogens with one attached hydrogen (secondary N) is 2. The third-order valence-electron chi connectivity index (χ3n) is 10.7. The monoisotopic (exact) mass is 818 g/mol. The number of carboxylic acids is 1. The van der Waals surface area contributed by atoms with E-state index in [1.54, 1.807) is 0 Å². The number of aliphatic hydroxyl groups is 11. The highest BCUT2D eigenvalue weighted by Crippen LogP contribution is 2.40. The zero-order chi connectivity index (χ0) is 42.0. The molecule has 0 bridgehead atoms. The second-order valence-corrected chi connectivity index (χ2v) is 14.6. The van der Waals surface area contributed by atoms with Gasteiger partial charge in [-0.05, 0) is 20.3 Å². The lowest BCUT2D eigenvalue weighted by Gasteiger charge is -2.52. The number of amides is 2. The molecule has 24 nitrogen and oxygen atoms in total. The summed E-state index contributed by atoms with van der Waals surface area (Å²) >= 11 is 0. The molecule has 4 fully saturated rings. The van der Waals surface area contributed by atoms with Crippen molar-refractivity contribution in [1.82, 2.24) is 10.6 Å². The van der Waals surface area contributed by atoms with Crippen LogP contribution in [-0.2, 0) is 38.0 Å². The number of aliphatic hydroxyl groups excluding tert-OH is 11. The van der Waals surface area contributed by atoms with Gasteiger partial charge < -0.3 is 105 Å². The van der Waals surface area contributed by atoms with Crippen LogP contribution in [0.2, 0.25) is 0 Å². The van der Waals surface area contributed by atoms with E-state index in [1.807, 2.05) is 0 Å². The molecule has 24 heteroatoms. The Morgan fingerprint density at radius 1 is 0.768 bits per heavy atom. The van der Waals surface area contributed by atoms with Crippen LogP contribution in [0.5, 0.6) is 0 Å². The quantitative estimate of drug-likeness (QED) is 0.0774. The second-order valence-electron chi connectivity index (χ2n) is 14.6. The molecule has 21 atom stereocenters. The van der Waals surface area contributed by atoms with Gasteiger partial charge in [-0.25, -0.2) is 9.59 Å². The average molecular weight is 819 g/mol. The summed E-state index contributed by atoms with van der Waals surface area (Å²) in [6, 6.07) is -2.79. The maximum absolute atomic E-state index is 12.9. The Morgan fingerprint density at radius 2 is 1.39 bits per heavy atom. The van der Waals surface area contributed by atoms with Gasteiger partial charge in [0.25, 0.3) is 5.79 Å². The van der Waals surface area contributed by atoms with Crippen molar-refractivity contribution in [1.29, 1.82) is 0 Å². The largest absolute Gasteiger partial charge is 0.477 e. The molecule has 0 aromatic carbocycles. The van der Waals surface area contributed by atoms with E-state index in [-0.39, 0.29) is 6.42 Å². The van der Waals surface area contributed by atoms with Crippen LogP contribution in [0.15, 0.2) is 0 Å². The van der Waals surface area contributed by atoms with Crippen molar-refractivity contribution >= 4 is 18.0 Å². The first-order valence-electron chi connectivity index (χ1n) is 18.0. The molecule has 4 heterocycles. The molecule has 4 aliphatic rings. The predicted molar refractivity (Wildman–Crippen MR) is 177 cm³/mol. The maximum Gasteiger partial charge on any atom is 0.404 e. The second kappa shape index (κ2) is 19.1. The fourth-order valence-electron chi connectivity index (χ4n) is 7.78. The highest BCUT2D eigenvalue weighted by molar-refractivity contribution is 5.76. The van der Waals surface area contributed by atoms with Gasteiger partial charge in [-0.15, -0.1) is 0 Å². The van der Waals surface area contributed by atoms with Gasteiger partial charge in [0, 0.05) is 19.3 Å². The molecule has 4 aliphatic heterocycles. The molecule has 0 spiro atoms. The number of rotatable bonds is 14. The summed E-state index contributed by atoms with van der Waals surface area (Å²) in [6.07, 6.45) is -32.2. The normalized spacial score (nSPS) is 45.7. The molecule has 0 aromatic heterocycles. The highest BCUT2D eigenvalue weighted by Gasteiger charge is 2.60. The minimum Gasteiger partial charge on any atom is -0.477 e. The first-order valence-corrected chi connectivity index (χ1v) is 18.0. The van der Waals surface area contributed by atoms with Gasteiger partial charge in [0.05, 0.1) is 62.4 Å². The Bertz CT molecular complexity index is 1330. The highest BCUT2D eigenvalue weighted by atomic mass is 16.8. The van der Waals surface area contributed by atoms with Crippen LogP contribution >= 0.6 is 0 Å². The third kappa shape index (κ3) is 9.69. The van der Waals surface area contributed by atoms with Gasteiger partial charge in [-0.3, -0.25) is 4.79 Å². The van der Waals surface area contributed by atoms with Crippen LogP contribution < -0.4 is 10.6 Å². The summed E-state index contributed by atoms with van der Waals surface area (Å²) in [7, 11) is 0.